The Morgan fingerprint density at radius 3 is 2.53 bits per heavy atom. The lowest BCUT2D eigenvalue weighted by Crippen LogP contribution is -2.38. The van der Waals surface area contributed by atoms with Crippen LogP contribution in [0.1, 0.15) is 27.5 Å². The van der Waals surface area contributed by atoms with Crippen molar-refractivity contribution in [3.63, 3.8) is 0 Å². The standard InChI is InChI=1S/C24H30N4O2/c1-16-7-4-5-10-20(16)23-21-14-27(15-22(25)29)12-18(21)13-28(23)24(30)17-8-6-9-19(11-17)26(2)3/h4-11,18,21,23H,12-15H2,1-3H3,(H2,25,29)/t18-,21-,23+/m0/s1. The van der Waals surface area contributed by atoms with Crippen LogP contribution in [0.3, 0.4) is 0 Å². The van der Waals surface area contributed by atoms with Gasteiger partial charge in [-0.05, 0) is 42.2 Å². The Hall–Kier alpha value is -2.86. The van der Waals surface area contributed by atoms with Crippen molar-refractivity contribution in [1.29, 1.82) is 0 Å². The zero-order valence-electron chi connectivity index (χ0n) is 17.9. The third-order valence-electron chi connectivity index (χ3n) is 6.50. The SMILES string of the molecule is Cc1ccccc1[C@@H]1[C@H]2CN(CC(N)=O)C[C@H]2CN1C(=O)c1cccc(N(C)C)c1. The highest BCUT2D eigenvalue weighted by atomic mass is 16.2. The van der Waals surface area contributed by atoms with E-state index in [1.54, 1.807) is 0 Å². The number of amides is 2. The maximum atomic E-state index is 13.6. The second-order valence-electron chi connectivity index (χ2n) is 8.79. The highest BCUT2D eigenvalue weighted by Gasteiger charge is 2.49. The minimum Gasteiger partial charge on any atom is -0.378 e. The molecule has 2 aliphatic rings. The van der Waals surface area contributed by atoms with Crippen LogP contribution in [0.4, 0.5) is 5.69 Å². The van der Waals surface area contributed by atoms with Crippen molar-refractivity contribution in [3.05, 3.63) is 65.2 Å². The van der Waals surface area contributed by atoms with Crippen LogP contribution in [0.2, 0.25) is 0 Å². The lowest BCUT2D eigenvalue weighted by molar-refractivity contribution is -0.119. The molecular formula is C24H30N4O2. The van der Waals surface area contributed by atoms with Gasteiger partial charge in [-0.25, -0.2) is 0 Å². The lowest BCUT2D eigenvalue weighted by Gasteiger charge is -2.31. The summed E-state index contributed by atoms with van der Waals surface area (Å²) in [6, 6.07) is 16.1. The molecule has 0 unspecified atom stereocenters. The number of fused-ring (bicyclic) bond motifs is 1. The molecule has 2 aromatic carbocycles. The number of likely N-dealkylation sites (tertiary alicyclic amines) is 2. The van der Waals surface area contributed by atoms with E-state index in [-0.39, 0.29) is 24.4 Å². The van der Waals surface area contributed by atoms with Crippen LogP contribution in [0.15, 0.2) is 48.5 Å². The molecule has 0 bridgehead atoms. The van der Waals surface area contributed by atoms with Gasteiger partial charge >= 0.3 is 0 Å². The Labute approximate surface area is 178 Å². The topological polar surface area (TPSA) is 69.9 Å². The molecule has 2 aromatic rings. The molecule has 0 spiro atoms. The van der Waals surface area contributed by atoms with Crippen molar-refractivity contribution in [2.45, 2.75) is 13.0 Å². The van der Waals surface area contributed by atoms with Gasteiger partial charge in [0.05, 0.1) is 12.6 Å². The molecule has 2 heterocycles. The van der Waals surface area contributed by atoms with Gasteiger partial charge in [0.25, 0.3) is 5.91 Å². The fourth-order valence-electron chi connectivity index (χ4n) is 5.10. The number of primary amides is 1. The van der Waals surface area contributed by atoms with Gasteiger partial charge in [0.2, 0.25) is 5.91 Å². The summed E-state index contributed by atoms with van der Waals surface area (Å²) in [6.07, 6.45) is 0. The summed E-state index contributed by atoms with van der Waals surface area (Å²) in [5.41, 5.74) is 9.55. The van der Waals surface area contributed by atoms with Crippen molar-refractivity contribution in [2.24, 2.45) is 17.6 Å². The summed E-state index contributed by atoms with van der Waals surface area (Å²) in [5.74, 6) is 0.417. The third kappa shape index (κ3) is 3.79. The highest BCUT2D eigenvalue weighted by molar-refractivity contribution is 5.95. The first-order valence-corrected chi connectivity index (χ1v) is 10.5. The third-order valence-corrected chi connectivity index (χ3v) is 6.50. The molecule has 2 amide bonds. The maximum absolute atomic E-state index is 13.6. The predicted octanol–water partition coefficient (Wildman–Crippen LogP) is 2.29. The second-order valence-corrected chi connectivity index (χ2v) is 8.79. The summed E-state index contributed by atoms with van der Waals surface area (Å²) in [7, 11) is 3.96. The minimum atomic E-state index is -0.296. The van der Waals surface area contributed by atoms with Crippen molar-refractivity contribution in [1.82, 2.24) is 9.80 Å². The van der Waals surface area contributed by atoms with E-state index in [0.717, 1.165) is 18.8 Å². The van der Waals surface area contributed by atoms with Crippen molar-refractivity contribution in [3.8, 4) is 0 Å². The van der Waals surface area contributed by atoms with E-state index >= 15 is 0 Å². The number of carbonyl (C=O) groups is 2. The highest BCUT2D eigenvalue weighted by Crippen LogP contribution is 2.46. The lowest BCUT2D eigenvalue weighted by atomic mass is 9.87. The number of nitrogens with zero attached hydrogens (tertiary/aromatic N) is 3. The Kier molecular flexibility index (Phi) is 5.52. The van der Waals surface area contributed by atoms with Gasteiger partial charge < -0.3 is 15.5 Å². The number of nitrogens with two attached hydrogens (primary N) is 1. The fraction of sp³-hybridized carbons (Fsp3) is 0.417. The van der Waals surface area contributed by atoms with Crippen LogP contribution in [0, 0.1) is 18.8 Å². The Morgan fingerprint density at radius 1 is 1.07 bits per heavy atom. The zero-order chi connectivity index (χ0) is 21.4. The summed E-state index contributed by atoms with van der Waals surface area (Å²) in [4.78, 5) is 31.3. The van der Waals surface area contributed by atoms with Crippen LogP contribution in [-0.4, -0.2) is 61.9 Å². The molecule has 3 atom stereocenters. The molecule has 158 valence electrons. The molecule has 0 saturated carbocycles. The van der Waals surface area contributed by atoms with E-state index in [1.807, 2.05) is 60.3 Å². The first kappa shape index (κ1) is 20.4. The van der Waals surface area contributed by atoms with Crippen LogP contribution in [0.5, 0.6) is 0 Å². The number of hydrogen-bond acceptors (Lipinski definition) is 4. The molecule has 4 rings (SSSR count). The van der Waals surface area contributed by atoms with Gasteiger partial charge in [-0.3, -0.25) is 14.5 Å². The van der Waals surface area contributed by atoms with Crippen molar-refractivity contribution >= 4 is 17.5 Å². The largest absolute Gasteiger partial charge is 0.378 e. The molecule has 0 radical (unpaired) electrons. The second kappa shape index (κ2) is 8.11. The van der Waals surface area contributed by atoms with Crippen molar-refractivity contribution < 1.29 is 9.59 Å². The van der Waals surface area contributed by atoms with E-state index in [1.165, 1.54) is 11.1 Å². The quantitative estimate of drug-likeness (QED) is 0.827. The number of carbonyl (C=O) groups excluding carboxylic acids is 2. The monoisotopic (exact) mass is 406 g/mol. The zero-order valence-corrected chi connectivity index (χ0v) is 17.9. The first-order valence-electron chi connectivity index (χ1n) is 10.5. The Balaban J connectivity index is 1.67. The number of anilines is 1. The van der Waals surface area contributed by atoms with Gasteiger partial charge in [0.15, 0.2) is 0 Å². The van der Waals surface area contributed by atoms with Crippen LogP contribution in [-0.2, 0) is 4.79 Å². The molecule has 0 aromatic heterocycles. The maximum Gasteiger partial charge on any atom is 0.254 e. The fourth-order valence-corrected chi connectivity index (χ4v) is 5.10. The van der Waals surface area contributed by atoms with Crippen LogP contribution < -0.4 is 10.6 Å². The molecule has 2 N–H and O–H groups in total. The molecule has 2 saturated heterocycles. The summed E-state index contributed by atoms with van der Waals surface area (Å²) in [6.45, 7) is 4.68. The summed E-state index contributed by atoms with van der Waals surface area (Å²) < 4.78 is 0. The Bertz CT molecular complexity index is 958. The number of rotatable bonds is 5. The molecular weight excluding hydrogens is 376 g/mol. The average Bonchev–Trinajstić information content (AvgIpc) is 3.24. The van der Waals surface area contributed by atoms with Crippen molar-refractivity contribution in [2.75, 3.05) is 45.2 Å². The number of benzene rings is 2. The van der Waals surface area contributed by atoms with Gasteiger partial charge in [-0.15, -0.1) is 0 Å². The van der Waals surface area contributed by atoms with Gasteiger partial charge in [-0.2, -0.15) is 0 Å². The van der Waals surface area contributed by atoms with Crippen LogP contribution >= 0.6 is 0 Å². The molecule has 30 heavy (non-hydrogen) atoms. The van der Waals surface area contributed by atoms with E-state index in [9.17, 15) is 9.59 Å². The van der Waals surface area contributed by atoms with Gasteiger partial charge in [0.1, 0.15) is 0 Å². The molecule has 0 aliphatic carbocycles. The van der Waals surface area contributed by atoms with E-state index in [4.69, 9.17) is 5.73 Å². The minimum absolute atomic E-state index is 0.00425. The van der Waals surface area contributed by atoms with Crippen LogP contribution in [0.25, 0.3) is 0 Å². The normalized spacial score (nSPS) is 23.4. The van der Waals surface area contributed by atoms with Gasteiger partial charge in [-0.1, -0.05) is 30.3 Å². The molecule has 2 fully saturated rings. The Morgan fingerprint density at radius 2 is 1.83 bits per heavy atom. The molecule has 2 aliphatic heterocycles. The van der Waals surface area contributed by atoms with E-state index in [2.05, 4.69) is 24.0 Å². The summed E-state index contributed by atoms with van der Waals surface area (Å²) >= 11 is 0. The number of aryl methyl sites for hydroxylation is 1. The van der Waals surface area contributed by atoms with Gasteiger partial charge in [0, 0.05) is 50.9 Å². The molecule has 6 nitrogen and oxygen atoms in total. The number of hydrogen-bond donors (Lipinski definition) is 1. The van der Waals surface area contributed by atoms with E-state index < -0.39 is 0 Å². The summed E-state index contributed by atoms with van der Waals surface area (Å²) in [5, 5.41) is 0. The predicted molar refractivity (Wildman–Crippen MR) is 118 cm³/mol. The smallest absolute Gasteiger partial charge is 0.254 e. The first-order chi connectivity index (χ1) is 14.3. The average molecular weight is 407 g/mol. The molecule has 6 heteroatoms. The van der Waals surface area contributed by atoms with E-state index in [0.29, 0.717) is 23.9 Å².